The molecule has 1 rings (SSSR count). The quantitative estimate of drug-likeness (QED) is 0.796. The lowest BCUT2D eigenvalue weighted by Gasteiger charge is -2.19. The van der Waals surface area contributed by atoms with Crippen molar-refractivity contribution in [3.05, 3.63) is 34.4 Å². The normalized spacial score (nSPS) is 10.9. The van der Waals surface area contributed by atoms with Crippen LogP contribution in [0.3, 0.4) is 0 Å². The van der Waals surface area contributed by atoms with E-state index in [0.717, 1.165) is 12.3 Å². The second-order valence-electron chi connectivity index (χ2n) is 4.22. The molecule has 0 saturated heterocycles. The van der Waals surface area contributed by atoms with Crippen LogP contribution in [0.15, 0.2) is 27.6 Å². The molecule has 0 radical (unpaired) electrons. The van der Waals surface area contributed by atoms with Gasteiger partial charge >= 0.3 is 11.6 Å². The molecule has 0 unspecified atom stereocenters. The summed E-state index contributed by atoms with van der Waals surface area (Å²) in [6.07, 6.45) is 1.03. The lowest BCUT2D eigenvalue weighted by atomic mass is 9.94. The molecule has 0 saturated carbocycles. The fourth-order valence-electron chi connectivity index (χ4n) is 0.966. The summed E-state index contributed by atoms with van der Waals surface area (Å²) < 4.78 is 4.53. The summed E-state index contributed by atoms with van der Waals surface area (Å²) in [6.45, 7) is 2.99. The first-order valence-electron chi connectivity index (χ1n) is 4.93. The van der Waals surface area contributed by atoms with Gasteiger partial charge in [-0.1, -0.05) is 0 Å². The first kappa shape index (κ1) is 13.0. The second kappa shape index (κ2) is 4.82. The third-order valence-corrected chi connectivity index (χ3v) is 2.23. The molecule has 92 valence electrons. The van der Waals surface area contributed by atoms with Crippen molar-refractivity contribution in [1.82, 2.24) is 5.32 Å². The van der Waals surface area contributed by atoms with Crippen LogP contribution >= 0.6 is 0 Å². The van der Waals surface area contributed by atoms with Crippen LogP contribution < -0.4 is 10.9 Å². The SMILES string of the molecule is CC(C)(CNC(=O)c1ccc(=O)oc1)C(=O)O. The molecule has 0 fully saturated rings. The molecule has 0 aliphatic heterocycles. The Hall–Kier alpha value is -2.11. The number of carboxylic acids is 1. The molecular weight excluding hydrogens is 226 g/mol. The third kappa shape index (κ3) is 3.44. The van der Waals surface area contributed by atoms with Crippen LogP contribution in [0.2, 0.25) is 0 Å². The van der Waals surface area contributed by atoms with E-state index in [1.807, 2.05) is 0 Å². The summed E-state index contributed by atoms with van der Waals surface area (Å²) in [7, 11) is 0. The van der Waals surface area contributed by atoms with Gasteiger partial charge in [-0.15, -0.1) is 0 Å². The van der Waals surface area contributed by atoms with Crippen molar-refractivity contribution >= 4 is 11.9 Å². The zero-order valence-electron chi connectivity index (χ0n) is 9.52. The predicted octanol–water partition coefficient (Wildman–Crippen LogP) is 0.480. The lowest BCUT2D eigenvalue weighted by Crippen LogP contribution is -2.38. The standard InChI is InChI=1S/C11H13NO5/c1-11(2,10(15)16)6-12-9(14)7-3-4-8(13)17-5-7/h3-5H,6H2,1-2H3,(H,12,14)(H,15,16). The second-order valence-corrected chi connectivity index (χ2v) is 4.22. The maximum absolute atomic E-state index is 11.6. The molecule has 17 heavy (non-hydrogen) atoms. The highest BCUT2D eigenvalue weighted by atomic mass is 16.4. The lowest BCUT2D eigenvalue weighted by molar-refractivity contribution is -0.146. The van der Waals surface area contributed by atoms with Crippen LogP contribution in [0.5, 0.6) is 0 Å². The Morgan fingerprint density at radius 3 is 2.53 bits per heavy atom. The Balaban J connectivity index is 2.65. The van der Waals surface area contributed by atoms with E-state index in [4.69, 9.17) is 5.11 Å². The van der Waals surface area contributed by atoms with Gasteiger partial charge in [-0.05, 0) is 19.9 Å². The fourth-order valence-corrected chi connectivity index (χ4v) is 0.966. The van der Waals surface area contributed by atoms with Gasteiger partial charge in [-0.3, -0.25) is 9.59 Å². The van der Waals surface area contributed by atoms with Crippen LogP contribution in [-0.4, -0.2) is 23.5 Å². The van der Waals surface area contributed by atoms with Crippen molar-refractivity contribution in [2.24, 2.45) is 5.41 Å². The fraction of sp³-hybridized carbons (Fsp3) is 0.364. The van der Waals surface area contributed by atoms with E-state index in [1.54, 1.807) is 0 Å². The molecule has 1 aromatic rings. The Bertz CT molecular complexity index is 468. The van der Waals surface area contributed by atoms with Crippen molar-refractivity contribution in [3.8, 4) is 0 Å². The highest BCUT2D eigenvalue weighted by Gasteiger charge is 2.27. The predicted molar refractivity (Wildman–Crippen MR) is 58.7 cm³/mol. The molecule has 0 bridgehead atoms. The number of hydrogen-bond acceptors (Lipinski definition) is 4. The molecule has 0 aliphatic rings. The van der Waals surface area contributed by atoms with Crippen molar-refractivity contribution in [3.63, 3.8) is 0 Å². The number of amides is 1. The molecule has 0 aromatic carbocycles. The topological polar surface area (TPSA) is 96.6 Å². The maximum Gasteiger partial charge on any atom is 0.335 e. The summed E-state index contributed by atoms with van der Waals surface area (Å²) in [4.78, 5) is 33.0. The molecule has 0 spiro atoms. The molecule has 2 N–H and O–H groups in total. The third-order valence-electron chi connectivity index (χ3n) is 2.23. The van der Waals surface area contributed by atoms with Gasteiger partial charge in [-0.25, -0.2) is 4.79 Å². The van der Waals surface area contributed by atoms with Crippen LogP contribution in [-0.2, 0) is 4.79 Å². The minimum absolute atomic E-state index is 0.0136. The molecule has 1 heterocycles. The van der Waals surface area contributed by atoms with Crippen molar-refractivity contribution in [2.45, 2.75) is 13.8 Å². The van der Waals surface area contributed by atoms with Crippen molar-refractivity contribution < 1.29 is 19.1 Å². The number of nitrogens with one attached hydrogen (secondary N) is 1. The van der Waals surface area contributed by atoms with E-state index in [0.29, 0.717) is 0 Å². The Morgan fingerprint density at radius 2 is 2.06 bits per heavy atom. The summed E-state index contributed by atoms with van der Waals surface area (Å²) in [5.74, 6) is -1.49. The van der Waals surface area contributed by atoms with Gasteiger partial charge in [0.25, 0.3) is 5.91 Å². The van der Waals surface area contributed by atoms with Gasteiger partial charge in [0.1, 0.15) is 6.26 Å². The summed E-state index contributed by atoms with van der Waals surface area (Å²) in [5, 5.41) is 11.3. The first-order valence-corrected chi connectivity index (χ1v) is 4.93. The summed E-state index contributed by atoms with van der Waals surface area (Å²) in [5.41, 5.74) is -1.43. The van der Waals surface area contributed by atoms with Crippen LogP contribution in [0, 0.1) is 5.41 Å². The molecule has 1 amide bonds. The van der Waals surface area contributed by atoms with Crippen LogP contribution in [0.4, 0.5) is 0 Å². The van der Waals surface area contributed by atoms with E-state index < -0.39 is 22.9 Å². The van der Waals surface area contributed by atoms with Gasteiger partial charge < -0.3 is 14.8 Å². The van der Waals surface area contributed by atoms with Gasteiger partial charge in [0.2, 0.25) is 0 Å². The highest BCUT2D eigenvalue weighted by Crippen LogP contribution is 2.13. The Labute approximate surface area is 97.3 Å². The van der Waals surface area contributed by atoms with Gasteiger partial charge in [0, 0.05) is 12.6 Å². The van der Waals surface area contributed by atoms with Gasteiger partial charge in [0.15, 0.2) is 0 Å². The molecule has 6 nitrogen and oxygen atoms in total. The Morgan fingerprint density at radius 1 is 1.41 bits per heavy atom. The van der Waals surface area contributed by atoms with E-state index >= 15 is 0 Å². The average Bonchev–Trinajstić information content (AvgIpc) is 2.27. The van der Waals surface area contributed by atoms with Gasteiger partial charge in [0.05, 0.1) is 11.0 Å². The van der Waals surface area contributed by atoms with Crippen molar-refractivity contribution in [2.75, 3.05) is 6.54 Å². The van der Waals surface area contributed by atoms with E-state index in [1.165, 1.54) is 19.9 Å². The number of hydrogen-bond donors (Lipinski definition) is 2. The van der Waals surface area contributed by atoms with Gasteiger partial charge in [-0.2, -0.15) is 0 Å². The van der Waals surface area contributed by atoms with Crippen LogP contribution in [0.1, 0.15) is 24.2 Å². The number of carbonyl (C=O) groups is 2. The monoisotopic (exact) mass is 239 g/mol. The first-order chi connectivity index (χ1) is 7.83. The van der Waals surface area contributed by atoms with E-state index in [2.05, 4.69) is 9.73 Å². The number of carboxylic acid groups (broad SMARTS) is 1. The zero-order chi connectivity index (χ0) is 13.1. The minimum atomic E-state index is -1.05. The smallest absolute Gasteiger partial charge is 0.335 e. The summed E-state index contributed by atoms with van der Waals surface area (Å²) >= 11 is 0. The molecule has 1 aromatic heterocycles. The number of rotatable bonds is 4. The minimum Gasteiger partial charge on any atom is -0.481 e. The van der Waals surface area contributed by atoms with E-state index in [9.17, 15) is 14.4 Å². The number of carbonyl (C=O) groups excluding carboxylic acids is 1. The largest absolute Gasteiger partial charge is 0.481 e. The number of aliphatic carboxylic acids is 1. The molecular formula is C11H13NO5. The van der Waals surface area contributed by atoms with Crippen LogP contribution in [0.25, 0.3) is 0 Å². The van der Waals surface area contributed by atoms with Crippen molar-refractivity contribution in [1.29, 1.82) is 0 Å². The molecule has 0 aliphatic carbocycles. The molecule has 6 heteroatoms. The zero-order valence-corrected chi connectivity index (χ0v) is 9.52. The maximum atomic E-state index is 11.6. The Kier molecular flexibility index (Phi) is 3.67. The average molecular weight is 239 g/mol. The summed E-state index contributed by atoms with van der Waals surface area (Å²) in [6, 6.07) is 2.44. The molecule has 0 atom stereocenters. The highest BCUT2D eigenvalue weighted by molar-refractivity contribution is 5.94. The van der Waals surface area contributed by atoms with E-state index in [-0.39, 0.29) is 12.1 Å².